The molecule has 1 heterocycles. The number of pyridine rings is 1. The van der Waals surface area contributed by atoms with Crippen molar-refractivity contribution in [2.24, 2.45) is 0 Å². The van der Waals surface area contributed by atoms with Gasteiger partial charge in [-0.15, -0.1) is 0 Å². The zero-order valence-electron chi connectivity index (χ0n) is 17.9. The molecule has 3 aromatic rings. The van der Waals surface area contributed by atoms with Crippen LogP contribution in [0.25, 0.3) is 5.69 Å². The standard InChI is InChI=1S/C23H24ClNO6S/c1-23(2,27)15-31-20-9-8-18(12-21(20)32(3,28)29)25-11-10-19(13-22(25)26)30-14-16-4-6-17(24)7-5-16/h4-13,27H,14-15H2,1-3H3. The van der Waals surface area contributed by atoms with Gasteiger partial charge in [-0.25, -0.2) is 8.42 Å². The van der Waals surface area contributed by atoms with Crippen LogP contribution in [-0.2, 0) is 16.4 Å². The number of rotatable bonds is 8. The summed E-state index contributed by atoms with van der Waals surface area (Å²) in [7, 11) is -3.65. The molecule has 3 rings (SSSR count). The van der Waals surface area contributed by atoms with Crippen LogP contribution < -0.4 is 15.0 Å². The minimum atomic E-state index is -3.65. The molecule has 170 valence electrons. The number of hydrogen-bond donors (Lipinski definition) is 1. The van der Waals surface area contributed by atoms with Gasteiger partial charge in [-0.05, 0) is 55.8 Å². The Hall–Kier alpha value is -2.81. The fraction of sp³-hybridized carbons (Fsp3) is 0.261. The fourth-order valence-corrected chi connectivity index (χ4v) is 3.77. The van der Waals surface area contributed by atoms with Gasteiger partial charge in [0.2, 0.25) is 0 Å². The highest BCUT2D eigenvalue weighted by molar-refractivity contribution is 7.90. The number of aromatic nitrogens is 1. The van der Waals surface area contributed by atoms with Crippen molar-refractivity contribution in [1.82, 2.24) is 4.57 Å². The van der Waals surface area contributed by atoms with Crippen LogP contribution in [0, 0.1) is 0 Å². The lowest BCUT2D eigenvalue weighted by atomic mass is 10.2. The molecular formula is C23H24ClNO6S. The van der Waals surface area contributed by atoms with Gasteiger partial charge in [-0.2, -0.15) is 0 Å². The highest BCUT2D eigenvalue weighted by atomic mass is 35.5. The van der Waals surface area contributed by atoms with Crippen molar-refractivity contribution in [2.45, 2.75) is 31.0 Å². The van der Waals surface area contributed by atoms with E-state index in [0.717, 1.165) is 11.8 Å². The minimum absolute atomic E-state index is 0.0748. The maximum Gasteiger partial charge on any atom is 0.258 e. The highest BCUT2D eigenvalue weighted by Gasteiger charge is 2.20. The van der Waals surface area contributed by atoms with Crippen LogP contribution in [0.3, 0.4) is 0 Å². The molecule has 0 spiro atoms. The van der Waals surface area contributed by atoms with E-state index in [-0.39, 0.29) is 29.4 Å². The van der Waals surface area contributed by atoms with Gasteiger partial charge in [0.15, 0.2) is 9.84 Å². The Balaban J connectivity index is 1.85. The first-order chi connectivity index (χ1) is 14.9. The van der Waals surface area contributed by atoms with Crippen LogP contribution >= 0.6 is 11.6 Å². The Morgan fingerprint density at radius 2 is 1.72 bits per heavy atom. The molecule has 0 aliphatic rings. The third kappa shape index (κ3) is 6.35. The molecule has 0 bridgehead atoms. The Morgan fingerprint density at radius 1 is 1.03 bits per heavy atom. The number of ether oxygens (including phenoxy) is 2. The average Bonchev–Trinajstić information content (AvgIpc) is 2.71. The second-order valence-electron chi connectivity index (χ2n) is 7.99. The van der Waals surface area contributed by atoms with Crippen molar-refractivity contribution in [2.75, 3.05) is 12.9 Å². The van der Waals surface area contributed by atoms with E-state index in [9.17, 15) is 18.3 Å². The predicted octanol–water partition coefficient (Wildman–Crippen LogP) is 3.62. The fourth-order valence-electron chi connectivity index (χ4n) is 2.82. The van der Waals surface area contributed by atoms with E-state index in [4.69, 9.17) is 21.1 Å². The SMILES string of the molecule is CC(C)(O)COc1ccc(-n2ccc(OCc3ccc(Cl)cc3)cc2=O)cc1S(C)(=O)=O. The average molecular weight is 478 g/mol. The molecule has 1 N–H and O–H groups in total. The zero-order valence-corrected chi connectivity index (χ0v) is 19.5. The van der Waals surface area contributed by atoms with E-state index in [1.54, 1.807) is 38.1 Å². The van der Waals surface area contributed by atoms with Gasteiger partial charge in [0.1, 0.15) is 29.6 Å². The number of sulfone groups is 1. The summed E-state index contributed by atoms with van der Waals surface area (Å²) in [5.41, 5.74) is -0.261. The van der Waals surface area contributed by atoms with E-state index in [1.807, 2.05) is 12.1 Å². The lowest BCUT2D eigenvalue weighted by molar-refractivity contribution is 0.0274. The second-order valence-corrected chi connectivity index (χ2v) is 10.4. The summed E-state index contributed by atoms with van der Waals surface area (Å²) in [6, 6.07) is 14.5. The summed E-state index contributed by atoms with van der Waals surface area (Å²) >= 11 is 5.87. The Morgan fingerprint density at radius 3 is 2.31 bits per heavy atom. The molecule has 0 atom stereocenters. The van der Waals surface area contributed by atoms with Gasteiger partial charge in [0.25, 0.3) is 5.56 Å². The van der Waals surface area contributed by atoms with Crippen LogP contribution in [-0.4, -0.2) is 36.6 Å². The molecule has 0 unspecified atom stereocenters. The summed E-state index contributed by atoms with van der Waals surface area (Å²) in [5, 5.41) is 10.5. The van der Waals surface area contributed by atoms with Crippen LogP contribution in [0.15, 0.2) is 70.5 Å². The number of aliphatic hydroxyl groups is 1. The minimum Gasteiger partial charge on any atom is -0.489 e. The van der Waals surface area contributed by atoms with Gasteiger partial charge in [-0.1, -0.05) is 23.7 Å². The first kappa shape index (κ1) is 23.8. The van der Waals surface area contributed by atoms with E-state index in [2.05, 4.69) is 0 Å². The van der Waals surface area contributed by atoms with E-state index in [1.165, 1.54) is 29.0 Å². The lowest BCUT2D eigenvalue weighted by Crippen LogP contribution is -2.28. The zero-order chi connectivity index (χ0) is 23.5. The van der Waals surface area contributed by atoms with Crippen molar-refractivity contribution in [3.63, 3.8) is 0 Å². The molecule has 0 radical (unpaired) electrons. The highest BCUT2D eigenvalue weighted by Crippen LogP contribution is 2.27. The Kier molecular flexibility index (Phi) is 6.97. The van der Waals surface area contributed by atoms with Crippen LogP contribution in [0.4, 0.5) is 0 Å². The Labute approximate surface area is 191 Å². The number of hydrogen-bond acceptors (Lipinski definition) is 6. The van der Waals surface area contributed by atoms with Gasteiger partial charge < -0.3 is 14.6 Å². The first-order valence-electron chi connectivity index (χ1n) is 9.72. The monoisotopic (exact) mass is 477 g/mol. The Bertz CT molecular complexity index is 1260. The van der Waals surface area contributed by atoms with E-state index < -0.39 is 15.4 Å². The van der Waals surface area contributed by atoms with Crippen molar-refractivity contribution in [3.05, 3.63) is 81.7 Å². The molecule has 0 amide bonds. The normalized spacial score (nSPS) is 11.9. The summed E-state index contributed by atoms with van der Waals surface area (Å²) in [6.45, 7) is 3.29. The quantitative estimate of drug-likeness (QED) is 0.532. The topological polar surface area (TPSA) is 94.8 Å². The maximum absolute atomic E-state index is 12.7. The number of nitrogens with zero attached hydrogens (tertiary/aromatic N) is 1. The number of benzene rings is 2. The molecule has 7 nitrogen and oxygen atoms in total. The molecule has 32 heavy (non-hydrogen) atoms. The molecular weight excluding hydrogens is 454 g/mol. The van der Waals surface area contributed by atoms with E-state index >= 15 is 0 Å². The van der Waals surface area contributed by atoms with Crippen LogP contribution in [0.5, 0.6) is 11.5 Å². The third-order valence-corrected chi connectivity index (χ3v) is 5.77. The van der Waals surface area contributed by atoms with Crippen molar-refractivity contribution < 1.29 is 23.0 Å². The van der Waals surface area contributed by atoms with Crippen LogP contribution in [0.2, 0.25) is 5.02 Å². The molecule has 0 aliphatic carbocycles. The molecule has 0 saturated heterocycles. The van der Waals surface area contributed by atoms with Crippen molar-refractivity contribution >= 4 is 21.4 Å². The first-order valence-corrected chi connectivity index (χ1v) is 12.0. The summed E-state index contributed by atoms with van der Waals surface area (Å²) in [4.78, 5) is 12.6. The van der Waals surface area contributed by atoms with Crippen LogP contribution in [0.1, 0.15) is 19.4 Å². The van der Waals surface area contributed by atoms with Gasteiger partial charge in [-0.3, -0.25) is 9.36 Å². The van der Waals surface area contributed by atoms with Crippen molar-refractivity contribution in [3.8, 4) is 17.2 Å². The largest absolute Gasteiger partial charge is 0.489 e. The smallest absolute Gasteiger partial charge is 0.258 e. The second kappa shape index (κ2) is 9.36. The summed E-state index contributed by atoms with van der Waals surface area (Å²) in [5.74, 6) is 0.490. The number of halogens is 1. The maximum atomic E-state index is 12.7. The van der Waals surface area contributed by atoms with Gasteiger partial charge in [0.05, 0.1) is 11.3 Å². The van der Waals surface area contributed by atoms with Gasteiger partial charge in [0, 0.05) is 23.5 Å². The molecule has 0 fully saturated rings. The molecule has 2 aromatic carbocycles. The lowest BCUT2D eigenvalue weighted by Gasteiger charge is -2.19. The third-order valence-electron chi connectivity index (χ3n) is 4.40. The van der Waals surface area contributed by atoms with Crippen molar-refractivity contribution in [1.29, 1.82) is 0 Å². The molecule has 0 saturated carbocycles. The predicted molar refractivity (Wildman–Crippen MR) is 123 cm³/mol. The summed E-state index contributed by atoms with van der Waals surface area (Å²) in [6.07, 6.45) is 2.57. The molecule has 1 aromatic heterocycles. The molecule has 0 aliphatic heterocycles. The molecule has 9 heteroatoms. The van der Waals surface area contributed by atoms with E-state index in [0.29, 0.717) is 16.5 Å². The summed E-state index contributed by atoms with van der Waals surface area (Å²) < 4.78 is 37.0. The van der Waals surface area contributed by atoms with Gasteiger partial charge >= 0.3 is 0 Å².